The summed E-state index contributed by atoms with van der Waals surface area (Å²) in [4.78, 5) is 13.4. The Morgan fingerprint density at radius 3 is 2.66 bits per heavy atom. The maximum atomic E-state index is 10.9. The van der Waals surface area contributed by atoms with Crippen molar-refractivity contribution in [3.05, 3.63) is 42.0 Å². The molecule has 1 saturated heterocycles. The van der Waals surface area contributed by atoms with Crippen LogP contribution < -0.4 is 4.74 Å². The highest BCUT2D eigenvalue weighted by Gasteiger charge is 2.21. The van der Waals surface area contributed by atoms with Gasteiger partial charge in [-0.1, -0.05) is 56.9 Å². The van der Waals surface area contributed by atoms with Crippen LogP contribution in [0.4, 0.5) is 0 Å². The SMILES string of the molecule is CCCCCCCOc1ccc2c(CN3CCC(CC(=O)O)CC3)cccc2c1. The number of aliphatic carboxylic acids is 1. The Hall–Kier alpha value is -2.07. The zero-order valence-corrected chi connectivity index (χ0v) is 17.7. The van der Waals surface area contributed by atoms with E-state index in [9.17, 15) is 4.79 Å². The highest BCUT2D eigenvalue weighted by molar-refractivity contribution is 5.87. The average molecular weight is 398 g/mol. The third-order valence-corrected chi connectivity index (χ3v) is 6.02. The molecule has 4 heteroatoms. The molecule has 0 bridgehead atoms. The summed E-state index contributed by atoms with van der Waals surface area (Å²) in [5.41, 5.74) is 1.34. The number of carbonyl (C=O) groups is 1. The first-order valence-electron chi connectivity index (χ1n) is 11.2. The number of likely N-dealkylation sites (tertiary alicyclic amines) is 1. The molecule has 0 atom stereocenters. The molecule has 1 aliphatic rings. The Kier molecular flexibility index (Phi) is 8.36. The second kappa shape index (κ2) is 11.2. The number of unbranched alkanes of at least 4 members (excludes halogenated alkanes) is 4. The number of fused-ring (bicyclic) bond motifs is 1. The van der Waals surface area contributed by atoms with Crippen molar-refractivity contribution in [1.82, 2.24) is 4.90 Å². The van der Waals surface area contributed by atoms with Gasteiger partial charge < -0.3 is 9.84 Å². The molecule has 0 unspecified atom stereocenters. The highest BCUT2D eigenvalue weighted by atomic mass is 16.5. The van der Waals surface area contributed by atoms with Crippen LogP contribution in [0.2, 0.25) is 0 Å². The van der Waals surface area contributed by atoms with E-state index in [0.717, 1.165) is 51.3 Å². The van der Waals surface area contributed by atoms with E-state index in [4.69, 9.17) is 9.84 Å². The number of piperidine rings is 1. The highest BCUT2D eigenvalue weighted by Crippen LogP contribution is 2.27. The van der Waals surface area contributed by atoms with Gasteiger partial charge in [-0.2, -0.15) is 0 Å². The number of nitrogens with zero attached hydrogens (tertiary/aromatic N) is 1. The second-order valence-corrected chi connectivity index (χ2v) is 8.38. The van der Waals surface area contributed by atoms with Crippen molar-refractivity contribution < 1.29 is 14.6 Å². The first-order chi connectivity index (χ1) is 14.2. The van der Waals surface area contributed by atoms with Crippen molar-refractivity contribution in [3.63, 3.8) is 0 Å². The van der Waals surface area contributed by atoms with E-state index in [0.29, 0.717) is 12.3 Å². The van der Waals surface area contributed by atoms with Crippen molar-refractivity contribution in [3.8, 4) is 5.75 Å². The predicted molar refractivity (Wildman–Crippen MR) is 118 cm³/mol. The summed E-state index contributed by atoms with van der Waals surface area (Å²) in [6.45, 7) is 5.91. The molecule has 0 aromatic heterocycles. The van der Waals surface area contributed by atoms with Gasteiger partial charge in [0.15, 0.2) is 0 Å². The summed E-state index contributed by atoms with van der Waals surface area (Å²) in [6.07, 6.45) is 8.52. The van der Waals surface area contributed by atoms with Gasteiger partial charge in [0.25, 0.3) is 0 Å². The van der Waals surface area contributed by atoms with Crippen molar-refractivity contribution in [1.29, 1.82) is 0 Å². The molecule has 158 valence electrons. The summed E-state index contributed by atoms with van der Waals surface area (Å²) in [6, 6.07) is 12.9. The smallest absolute Gasteiger partial charge is 0.303 e. The number of ether oxygens (including phenoxy) is 1. The van der Waals surface area contributed by atoms with E-state index >= 15 is 0 Å². The summed E-state index contributed by atoms with van der Waals surface area (Å²) in [5.74, 6) is 0.619. The number of hydrogen-bond acceptors (Lipinski definition) is 3. The van der Waals surface area contributed by atoms with Gasteiger partial charge in [0, 0.05) is 13.0 Å². The lowest BCUT2D eigenvalue weighted by Gasteiger charge is -2.31. The maximum absolute atomic E-state index is 10.9. The zero-order valence-electron chi connectivity index (χ0n) is 17.7. The van der Waals surface area contributed by atoms with E-state index in [1.54, 1.807) is 0 Å². The number of benzene rings is 2. The standard InChI is InChI=1S/C25H35NO3/c1-2-3-4-5-6-16-29-23-10-11-24-21(18-23)8-7-9-22(24)19-26-14-12-20(13-15-26)17-25(27)28/h7-11,18,20H,2-6,12-17,19H2,1H3,(H,27,28). The van der Waals surface area contributed by atoms with Gasteiger partial charge in [0.05, 0.1) is 6.61 Å². The maximum Gasteiger partial charge on any atom is 0.303 e. The molecule has 0 radical (unpaired) electrons. The Balaban J connectivity index is 1.54. The number of carboxylic acids is 1. The molecule has 0 aliphatic carbocycles. The third-order valence-electron chi connectivity index (χ3n) is 6.02. The van der Waals surface area contributed by atoms with Gasteiger partial charge in [0.2, 0.25) is 0 Å². The van der Waals surface area contributed by atoms with E-state index in [2.05, 4.69) is 48.2 Å². The predicted octanol–water partition coefficient (Wildman–Crippen LogP) is 5.88. The Morgan fingerprint density at radius 2 is 1.90 bits per heavy atom. The quantitative estimate of drug-likeness (QED) is 0.481. The molecule has 1 N–H and O–H groups in total. The summed E-state index contributed by atoms with van der Waals surface area (Å²) >= 11 is 0. The molecule has 1 fully saturated rings. The Labute approximate surface area is 174 Å². The normalized spacial score (nSPS) is 15.6. The van der Waals surface area contributed by atoms with Crippen LogP contribution in [-0.4, -0.2) is 35.7 Å². The van der Waals surface area contributed by atoms with Crippen molar-refractivity contribution in [2.45, 2.75) is 64.8 Å². The summed E-state index contributed by atoms with van der Waals surface area (Å²) in [7, 11) is 0. The minimum absolute atomic E-state index is 0.309. The molecular weight excluding hydrogens is 362 g/mol. The largest absolute Gasteiger partial charge is 0.494 e. The molecule has 0 amide bonds. The minimum Gasteiger partial charge on any atom is -0.494 e. The van der Waals surface area contributed by atoms with Crippen LogP contribution in [0.5, 0.6) is 5.75 Å². The van der Waals surface area contributed by atoms with Gasteiger partial charge in [-0.05, 0) is 66.7 Å². The van der Waals surface area contributed by atoms with Crippen LogP contribution in [-0.2, 0) is 11.3 Å². The molecular formula is C25H35NO3. The number of hydrogen-bond donors (Lipinski definition) is 1. The number of carboxylic acid groups (broad SMARTS) is 1. The van der Waals surface area contributed by atoms with Crippen molar-refractivity contribution >= 4 is 16.7 Å². The molecule has 1 aliphatic heterocycles. The lowest BCUT2D eigenvalue weighted by molar-refractivity contribution is -0.138. The van der Waals surface area contributed by atoms with Gasteiger partial charge >= 0.3 is 5.97 Å². The fourth-order valence-electron chi connectivity index (χ4n) is 4.29. The lowest BCUT2D eigenvalue weighted by atomic mass is 9.93. The fourth-order valence-corrected chi connectivity index (χ4v) is 4.29. The van der Waals surface area contributed by atoms with Crippen LogP contribution in [0, 0.1) is 5.92 Å². The van der Waals surface area contributed by atoms with E-state index in [1.807, 2.05) is 0 Å². The monoisotopic (exact) mass is 397 g/mol. The van der Waals surface area contributed by atoms with Crippen LogP contribution >= 0.6 is 0 Å². The van der Waals surface area contributed by atoms with Gasteiger partial charge in [-0.15, -0.1) is 0 Å². The summed E-state index contributed by atoms with van der Waals surface area (Å²) < 4.78 is 5.97. The first-order valence-corrected chi connectivity index (χ1v) is 11.2. The van der Waals surface area contributed by atoms with Crippen LogP contribution in [0.1, 0.15) is 63.9 Å². The van der Waals surface area contributed by atoms with E-state index in [-0.39, 0.29) is 0 Å². The van der Waals surface area contributed by atoms with Gasteiger partial charge in [-0.25, -0.2) is 0 Å². The third kappa shape index (κ3) is 6.74. The molecule has 2 aromatic rings. The van der Waals surface area contributed by atoms with E-state index in [1.165, 1.54) is 42.0 Å². The van der Waals surface area contributed by atoms with Crippen LogP contribution in [0.15, 0.2) is 36.4 Å². The van der Waals surface area contributed by atoms with Gasteiger partial charge in [0.1, 0.15) is 5.75 Å². The molecule has 4 nitrogen and oxygen atoms in total. The van der Waals surface area contributed by atoms with Crippen molar-refractivity contribution in [2.24, 2.45) is 5.92 Å². The summed E-state index contributed by atoms with van der Waals surface area (Å²) in [5, 5.41) is 11.5. The van der Waals surface area contributed by atoms with Crippen LogP contribution in [0.3, 0.4) is 0 Å². The fraction of sp³-hybridized carbons (Fsp3) is 0.560. The Bertz CT molecular complexity index is 781. The molecule has 0 saturated carbocycles. The Morgan fingerprint density at radius 1 is 1.10 bits per heavy atom. The molecule has 2 aromatic carbocycles. The molecule has 3 rings (SSSR count). The minimum atomic E-state index is -0.670. The average Bonchev–Trinajstić information content (AvgIpc) is 2.72. The first kappa shape index (κ1) is 21.6. The molecule has 29 heavy (non-hydrogen) atoms. The number of rotatable bonds is 11. The molecule has 1 heterocycles. The van der Waals surface area contributed by atoms with Gasteiger partial charge in [-0.3, -0.25) is 9.69 Å². The topological polar surface area (TPSA) is 49.8 Å². The zero-order chi connectivity index (χ0) is 20.5. The van der Waals surface area contributed by atoms with Crippen LogP contribution in [0.25, 0.3) is 10.8 Å². The second-order valence-electron chi connectivity index (χ2n) is 8.38. The van der Waals surface area contributed by atoms with Crippen molar-refractivity contribution in [2.75, 3.05) is 19.7 Å². The van der Waals surface area contributed by atoms with E-state index < -0.39 is 5.97 Å². The molecule has 0 spiro atoms. The lowest BCUT2D eigenvalue weighted by Crippen LogP contribution is -2.33.